The van der Waals surface area contributed by atoms with E-state index in [2.05, 4.69) is 25.9 Å². The summed E-state index contributed by atoms with van der Waals surface area (Å²) in [5.74, 6) is 1.74. The van der Waals surface area contributed by atoms with Crippen molar-refractivity contribution in [2.24, 2.45) is 5.18 Å². The van der Waals surface area contributed by atoms with E-state index < -0.39 is 4.65 Å². The highest BCUT2D eigenvalue weighted by molar-refractivity contribution is 5.76. The minimum absolute atomic E-state index is 0.0145. The number of para-hydroxylation sites is 1. The molecule has 2 unspecified atom stereocenters. The summed E-state index contributed by atoms with van der Waals surface area (Å²) < 4.78 is 11.2. The molecule has 46 heavy (non-hydrogen) atoms. The minimum Gasteiger partial charge on any atom is -0.623 e. The van der Waals surface area contributed by atoms with Gasteiger partial charge < -0.3 is 19.7 Å². The van der Waals surface area contributed by atoms with Crippen LogP contribution in [0.5, 0.6) is 17.2 Å². The Hall–Kier alpha value is -4.86. The number of rotatable bonds is 9. The number of nitrogens with one attached hydrogen (secondary N) is 1. The zero-order chi connectivity index (χ0) is 33.1. The number of nitroso groups, excluding NO2 is 1. The first-order chi connectivity index (χ1) is 21.8. The van der Waals surface area contributed by atoms with Gasteiger partial charge in [-0.25, -0.2) is 5.21 Å². The van der Waals surface area contributed by atoms with Crippen molar-refractivity contribution in [1.82, 2.24) is 4.65 Å². The lowest BCUT2D eigenvalue weighted by Gasteiger charge is -2.29. The molecule has 0 aromatic heterocycles. The standard InChI is InChI=1S/C38H40N3O5/c1-37(2,3)27-11-13-28(14-12-27)40(43)29-15-21-32(22-16-29)45-33-23-17-30(18-24-33)41(44,36-10-8-7-9-35(36)39-42)31-19-25-34(26-20-31)46-38(4,5)6/h7-26,40,44H,1-6H3/q+1. The first-order valence-corrected chi connectivity index (χ1v) is 15.2. The van der Waals surface area contributed by atoms with Crippen molar-refractivity contribution in [3.05, 3.63) is 137 Å². The minimum atomic E-state index is -0.800. The molecule has 0 spiro atoms. The second kappa shape index (κ2) is 12.9. The predicted octanol–water partition coefficient (Wildman–Crippen LogP) is 10.1. The Bertz CT molecular complexity index is 1770. The van der Waals surface area contributed by atoms with Crippen LogP contribution in [0.4, 0.5) is 34.1 Å². The Morgan fingerprint density at radius 1 is 0.652 bits per heavy atom. The summed E-state index contributed by atoms with van der Waals surface area (Å²) in [6, 6.07) is 35.4. The lowest BCUT2D eigenvalue weighted by molar-refractivity contribution is -0.698. The summed E-state index contributed by atoms with van der Waals surface area (Å²) in [6.07, 6.45) is 0. The van der Waals surface area contributed by atoms with Gasteiger partial charge in [0.15, 0.2) is 17.1 Å². The summed E-state index contributed by atoms with van der Waals surface area (Å²) in [5, 5.41) is 28.5. The van der Waals surface area contributed by atoms with E-state index in [0.29, 0.717) is 45.7 Å². The molecule has 5 aromatic carbocycles. The molecule has 5 aromatic rings. The Kier molecular flexibility index (Phi) is 9.10. The molecule has 0 fully saturated rings. The van der Waals surface area contributed by atoms with E-state index in [-0.39, 0.29) is 21.8 Å². The van der Waals surface area contributed by atoms with E-state index in [1.807, 2.05) is 45.0 Å². The van der Waals surface area contributed by atoms with Crippen LogP contribution in [-0.2, 0) is 5.41 Å². The van der Waals surface area contributed by atoms with Crippen LogP contribution in [0, 0.1) is 10.1 Å². The molecule has 0 heterocycles. The number of benzene rings is 5. The van der Waals surface area contributed by atoms with Crippen LogP contribution in [-0.4, -0.2) is 10.8 Å². The van der Waals surface area contributed by atoms with Crippen molar-refractivity contribution in [3.63, 3.8) is 0 Å². The molecule has 2 atom stereocenters. The van der Waals surface area contributed by atoms with Crippen LogP contribution in [0.25, 0.3) is 0 Å². The topological polar surface area (TPSA) is 95.6 Å². The normalized spacial score (nSPS) is 13.8. The molecule has 0 radical (unpaired) electrons. The molecule has 0 aliphatic heterocycles. The molecule has 8 heteroatoms. The van der Waals surface area contributed by atoms with Crippen LogP contribution in [0.3, 0.4) is 0 Å². The summed E-state index contributed by atoms with van der Waals surface area (Å²) in [6.45, 7) is 12.3. The number of hydrogen-bond acceptors (Lipinski definition) is 6. The predicted molar refractivity (Wildman–Crippen MR) is 183 cm³/mol. The quantitative estimate of drug-likeness (QED) is 0.0974. The fraction of sp³-hybridized carbons (Fsp3) is 0.211. The zero-order valence-electron chi connectivity index (χ0n) is 27.0. The van der Waals surface area contributed by atoms with Crippen molar-refractivity contribution < 1.29 is 19.7 Å². The van der Waals surface area contributed by atoms with E-state index in [4.69, 9.17) is 9.47 Å². The average Bonchev–Trinajstić information content (AvgIpc) is 3.04. The third kappa shape index (κ3) is 7.17. The number of hydrogen-bond donors (Lipinski definition) is 2. The van der Waals surface area contributed by atoms with Gasteiger partial charge >= 0.3 is 0 Å². The maximum absolute atomic E-state index is 13.1. The Balaban J connectivity index is 1.38. The van der Waals surface area contributed by atoms with Crippen molar-refractivity contribution in [3.8, 4) is 17.2 Å². The van der Waals surface area contributed by atoms with Gasteiger partial charge in [-0.3, -0.25) is 0 Å². The molecule has 236 valence electrons. The largest absolute Gasteiger partial charge is 0.623 e. The van der Waals surface area contributed by atoms with Gasteiger partial charge in [-0.05, 0) is 79.4 Å². The fourth-order valence-corrected chi connectivity index (χ4v) is 5.15. The lowest BCUT2D eigenvalue weighted by atomic mass is 9.87. The highest BCUT2D eigenvalue weighted by Crippen LogP contribution is 2.47. The monoisotopic (exact) mass is 618 g/mol. The first kappa shape index (κ1) is 32.5. The fourth-order valence-electron chi connectivity index (χ4n) is 5.15. The van der Waals surface area contributed by atoms with Crippen molar-refractivity contribution in [1.29, 1.82) is 0 Å². The highest BCUT2D eigenvalue weighted by Gasteiger charge is 2.38. The van der Waals surface area contributed by atoms with E-state index in [1.165, 1.54) is 5.56 Å². The SMILES string of the molecule is CC(C)(C)Oc1ccc([N+](O)(c2ccc(Oc3ccc([NH+]([O-])c4ccc(C(C)(C)C)cc4)cc3)cc2)c2ccccc2N=O)cc1. The van der Waals surface area contributed by atoms with E-state index in [0.717, 1.165) is 0 Å². The van der Waals surface area contributed by atoms with Crippen molar-refractivity contribution in [2.75, 3.05) is 0 Å². The maximum Gasteiger partial charge on any atom is 0.205 e. The molecule has 0 saturated carbocycles. The van der Waals surface area contributed by atoms with Gasteiger partial charge in [0.1, 0.15) is 34.2 Å². The third-order valence-electron chi connectivity index (χ3n) is 7.54. The van der Waals surface area contributed by atoms with Crippen LogP contribution >= 0.6 is 0 Å². The molecule has 0 saturated heterocycles. The number of quaternary nitrogens is 2. The van der Waals surface area contributed by atoms with E-state index in [9.17, 15) is 15.3 Å². The molecule has 0 bridgehead atoms. The smallest absolute Gasteiger partial charge is 0.205 e. The first-order valence-electron chi connectivity index (χ1n) is 15.2. The van der Waals surface area contributed by atoms with Gasteiger partial charge in [0.2, 0.25) is 5.69 Å². The van der Waals surface area contributed by atoms with Gasteiger partial charge in [0.05, 0.1) is 0 Å². The summed E-state index contributed by atoms with van der Waals surface area (Å²) in [5.41, 5.74) is 3.35. The third-order valence-corrected chi connectivity index (χ3v) is 7.54. The molecule has 0 aliphatic rings. The van der Waals surface area contributed by atoms with E-state index >= 15 is 0 Å². The molecule has 0 amide bonds. The molecule has 8 nitrogen and oxygen atoms in total. The van der Waals surface area contributed by atoms with Crippen LogP contribution < -0.4 is 19.2 Å². The maximum atomic E-state index is 13.1. The zero-order valence-corrected chi connectivity index (χ0v) is 27.0. The summed E-state index contributed by atoms with van der Waals surface area (Å²) in [7, 11) is 0. The summed E-state index contributed by atoms with van der Waals surface area (Å²) in [4.78, 5) is 11.8. The van der Waals surface area contributed by atoms with Crippen molar-refractivity contribution in [2.45, 2.75) is 52.6 Å². The van der Waals surface area contributed by atoms with Gasteiger partial charge in [-0.15, -0.1) is 4.91 Å². The van der Waals surface area contributed by atoms with Gasteiger partial charge in [-0.2, -0.15) is 0 Å². The summed E-state index contributed by atoms with van der Waals surface area (Å²) >= 11 is 0. The highest BCUT2D eigenvalue weighted by atomic mass is 16.5. The van der Waals surface area contributed by atoms with Crippen LogP contribution in [0.2, 0.25) is 0 Å². The molecular formula is C38H40N3O5+. The van der Waals surface area contributed by atoms with Crippen LogP contribution in [0.15, 0.2) is 127 Å². The Morgan fingerprint density at radius 2 is 1.11 bits per heavy atom. The second-order valence-corrected chi connectivity index (χ2v) is 13.2. The molecule has 2 N–H and O–H groups in total. The van der Waals surface area contributed by atoms with Crippen molar-refractivity contribution >= 4 is 34.1 Å². The number of ether oxygens (including phenoxy) is 2. The molecular weight excluding hydrogens is 578 g/mol. The van der Waals surface area contributed by atoms with E-state index in [1.54, 1.807) is 97.1 Å². The molecule has 0 aliphatic carbocycles. The lowest BCUT2D eigenvalue weighted by Crippen LogP contribution is -2.96. The Morgan fingerprint density at radius 3 is 1.59 bits per heavy atom. The molecule has 5 rings (SSSR count). The van der Waals surface area contributed by atoms with Crippen LogP contribution in [0.1, 0.15) is 47.1 Å². The van der Waals surface area contributed by atoms with Gasteiger partial charge in [-0.1, -0.05) is 49.7 Å². The van der Waals surface area contributed by atoms with Gasteiger partial charge in [0, 0.05) is 54.6 Å². The number of nitrogens with zero attached hydrogens (tertiary/aromatic N) is 2. The second-order valence-electron chi connectivity index (χ2n) is 13.2. The average molecular weight is 619 g/mol. The Labute approximate surface area is 270 Å². The van der Waals surface area contributed by atoms with Gasteiger partial charge in [0.25, 0.3) is 0 Å².